The van der Waals surface area contributed by atoms with Gasteiger partial charge in [-0.15, -0.1) is 0 Å². The van der Waals surface area contributed by atoms with Gasteiger partial charge in [0.2, 0.25) is 0 Å². The molecule has 3 heteroatoms. The number of aliphatic carboxylic acids is 1. The van der Waals surface area contributed by atoms with E-state index >= 15 is 0 Å². The summed E-state index contributed by atoms with van der Waals surface area (Å²) in [6, 6.07) is 10.6. The van der Waals surface area contributed by atoms with Crippen molar-refractivity contribution in [2.24, 2.45) is 11.3 Å². The molecular formula is C17H23NO2. The molecule has 0 amide bonds. The highest BCUT2D eigenvalue weighted by Gasteiger charge is 2.43. The van der Waals surface area contributed by atoms with Gasteiger partial charge in [-0.2, -0.15) is 0 Å². The van der Waals surface area contributed by atoms with Crippen molar-refractivity contribution in [1.82, 2.24) is 5.32 Å². The number of carbonyl (C=O) groups is 1. The molecule has 1 aromatic carbocycles. The van der Waals surface area contributed by atoms with E-state index in [0.717, 1.165) is 38.8 Å². The first-order valence-electron chi connectivity index (χ1n) is 7.70. The molecular weight excluding hydrogens is 250 g/mol. The summed E-state index contributed by atoms with van der Waals surface area (Å²) in [6.45, 7) is 1.69. The number of carboxylic acid groups (broad SMARTS) is 1. The zero-order chi connectivity index (χ0) is 14.0. The van der Waals surface area contributed by atoms with Crippen LogP contribution in [0.2, 0.25) is 0 Å². The van der Waals surface area contributed by atoms with E-state index in [1.54, 1.807) is 0 Å². The van der Waals surface area contributed by atoms with Crippen molar-refractivity contribution in [3.8, 4) is 0 Å². The van der Waals surface area contributed by atoms with Gasteiger partial charge < -0.3 is 10.4 Å². The van der Waals surface area contributed by atoms with Gasteiger partial charge in [0, 0.05) is 0 Å². The zero-order valence-corrected chi connectivity index (χ0v) is 11.8. The summed E-state index contributed by atoms with van der Waals surface area (Å²) in [5.74, 6) is 0.781. The van der Waals surface area contributed by atoms with Crippen molar-refractivity contribution in [2.45, 2.75) is 38.0 Å². The molecule has 108 valence electrons. The maximum absolute atomic E-state index is 11.6. The zero-order valence-electron chi connectivity index (χ0n) is 11.8. The molecule has 1 heterocycles. The number of carboxylic acids is 1. The van der Waals surface area contributed by atoms with Crippen LogP contribution >= 0.6 is 0 Å². The number of nitrogens with one attached hydrogen (secondary N) is 1. The van der Waals surface area contributed by atoms with Crippen molar-refractivity contribution in [2.75, 3.05) is 13.1 Å². The summed E-state index contributed by atoms with van der Waals surface area (Å²) in [5.41, 5.74) is 0.960. The Morgan fingerprint density at radius 3 is 2.60 bits per heavy atom. The van der Waals surface area contributed by atoms with Crippen LogP contribution in [-0.2, 0) is 4.79 Å². The number of piperidine rings is 1. The SMILES string of the molecule is O=C(O)C1(CC[C@H]2C[C@@H]2c2ccccc2)CCNCC1. The lowest BCUT2D eigenvalue weighted by Gasteiger charge is -2.33. The van der Waals surface area contributed by atoms with E-state index in [-0.39, 0.29) is 0 Å². The fourth-order valence-corrected chi connectivity index (χ4v) is 3.61. The second-order valence-electron chi connectivity index (χ2n) is 6.39. The Kier molecular flexibility index (Phi) is 3.79. The Morgan fingerprint density at radius 2 is 1.95 bits per heavy atom. The molecule has 2 fully saturated rings. The van der Waals surface area contributed by atoms with E-state index in [1.165, 1.54) is 12.0 Å². The number of rotatable bonds is 5. The molecule has 0 spiro atoms. The van der Waals surface area contributed by atoms with Crippen LogP contribution in [0.25, 0.3) is 0 Å². The predicted molar refractivity (Wildman–Crippen MR) is 78.7 cm³/mol. The lowest BCUT2D eigenvalue weighted by atomic mass is 9.75. The summed E-state index contributed by atoms with van der Waals surface area (Å²) in [5, 5.41) is 12.8. The Hall–Kier alpha value is -1.35. The molecule has 2 N–H and O–H groups in total. The molecule has 3 rings (SSSR count). The van der Waals surface area contributed by atoms with Gasteiger partial charge in [0.15, 0.2) is 0 Å². The lowest BCUT2D eigenvalue weighted by molar-refractivity contribution is -0.151. The minimum Gasteiger partial charge on any atom is -0.481 e. The van der Waals surface area contributed by atoms with Crippen LogP contribution < -0.4 is 5.32 Å². The molecule has 2 aliphatic rings. The van der Waals surface area contributed by atoms with E-state index in [1.807, 2.05) is 0 Å². The summed E-state index contributed by atoms with van der Waals surface area (Å²) in [7, 11) is 0. The molecule has 3 nitrogen and oxygen atoms in total. The maximum atomic E-state index is 11.6. The largest absolute Gasteiger partial charge is 0.481 e. The first-order valence-corrected chi connectivity index (χ1v) is 7.70. The van der Waals surface area contributed by atoms with Crippen LogP contribution in [0, 0.1) is 11.3 Å². The van der Waals surface area contributed by atoms with Gasteiger partial charge in [-0.25, -0.2) is 0 Å². The summed E-state index contributed by atoms with van der Waals surface area (Å²) in [6.07, 6.45) is 4.71. The molecule has 1 saturated carbocycles. The predicted octanol–water partition coefficient (Wildman–Crippen LogP) is 3.02. The van der Waals surface area contributed by atoms with Crippen molar-refractivity contribution < 1.29 is 9.90 Å². The molecule has 0 bridgehead atoms. The van der Waals surface area contributed by atoms with Gasteiger partial charge in [0.25, 0.3) is 0 Å². The summed E-state index contributed by atoms with van der Waals surface area (Å²) < 4.78 is 0. The van der Waals surface area contributed by atoms with Crippen LogP contribution in [0.1, 0.15) is 43.6 Å². The lowest BCUT2D eigenvalue weighted by Crippen LogP contribution is -2.42. The topological polar surface area (TPSA) is 49.3 Å². The second-order valence-corrected chi connectivity index (χ2v) is 6.39. The quantitative estimate of drug-likeness (QED) is 0.867. The highest BCUT2D eigenvalue weighted by Crippen LogP contribution is 2.52. The van der Waals surface area contributed by atoms with E-state index in [4.69, 9.17) is 0 Å². The Bertz CT molecular complexity index is 465. The normalized spacial score (nSPS) is 28.0. The summed E-state index contributed by atoms with van der Waals surface area (Å²) >= 11 is 0. The number of hydrogen-bond acceptors (Lipinski definition) is 2. The van der Waals surface area contributed by atoms with Gasteiger partial charge in [-0.3, -0.25) is 4.79 Å². The molecule has 1 aliphatic heterocycles. The third-order valence-corrected chi connectivity index (χ3v) is 5.16. The minimum absolute atomic E-state index is 0.463. The fourth-order valence-electron chi connectivity index (χ4n) is 3.61. The van der Waals surface area contributed by atoms with Gasteiger partial charge in [-0.05, 0) is 62.6 Å². The summed E-state index contributed by atoms with van der Waals surface area (Å²) in [4.78, 5) is 11.6. The van der Waals surface area contributed by atoms with Crippen LogP contribution in [0.4, 0.5) is 0 Å². The van der Waals surface area contributed by atoms with E-state index in [2.05, 4.69) is 35.6 Å². The van der Waals surface area contributed by atoms with Gasteiger partial charge in [-0.1, -0.05) is 30.3 Å². The third kappa shape index (κ3) is 2.73. The van der Waals surface area contributed by atoms with Crippen LogP contribution in [0.15, 0.2) is 30.3 Å². The van der Waals surface area contributed by atoms with E-state index in [9.17, 15) is 9.90 Å². The van der Waals surface area contributed by atoms with E-state index < -0.39 is 11.4 Å². The van der Waals surface area contributed by atoms with Gasteiger partial charge >= 0.3 is 5.97 Å². The third-order valence-electron chi connectivity index (χ3n) is 5.16. The molecule has 0 radical (unpaired) electrons. The van der Waals surface area contributed by atoms with E-state index in [0.29, 0.717) is 11.8 Å². The first-order chi connectivity index (χ1) is 9.71. The Labute approximate surface area is 120 Å². The van der Waals surface area contributed by atoms with Crippen LogP contribution in [0.3, 0.4) is 0 Å². The smallest absolute Gasteiger partial charge is 0.309 e. The average Bonchev–Trinajstić information content (AvgIpc) is 3.27. The van der Waals surface area contributed by atoms with Crippen LogP contribution in [-0.4, -0.2) is 24.2 Å². The molecule has 1 aromatic rings. The first kappa shape index (κ1) is 13.6. The monoisotopic (exact) mass is 273 g/mol. The van der Waals surface area contributed by atoms with Crippen molar-refractivity contribution in [1.29, 1.82) is 0 Å². The van der Waals surface area contributed by atoms with Crippen LogP contribution in [0.5, 0.6) is 0 Å². The Morgan fingerprint density at radius 1 is 1.25 bits per heavy atom. The number of benzene rings is 1. The van der Waals surface area contributed by atoms with Crippen molar-refractivity contribution >= 4 is 5.97 Å². The molecule has 2 atom stereocenters. The fraction of sp³-hybridized carbons (Fsp3) is 0.588. The number of hydrogen-bond donors (Lipinski definition) is 2. The van der Waals surface area contributed by atoms with Gasteiger partial charge in [0.1, 0.15) is 0 Å². The molecule has 0 aromatic heterocycles. The minimum atomic E-state index is -0.587. The van der Waals surface area contributed by atoms with Gasteiger partial charge in [0.05, 0.1) is 5.41 Å². The second kappa shape index (κ2) is 5.57. The van der Waals surface area contributed by atoms with Crippen molar-refractivity contribution in [3.05, 3.63) is 35.9 Å². The Balaban J connectivity index is 1.56. The molecule has 1 aliphatic carbocycles. The molecule has 0 unspecified atom stereocenters. The molecule has 1 saturated heterocycles. The highest BCUT2D eigenvalue weighted by molar-refractivity contribution is 5.74. The average molecular weight is 273 g/mol. The maximum Gasteiger partial charge on any atom is 0.309 e. The highest BCUT2D eigenvalue weighted by atomic mass is 16.4. The van der Waals surface area contributed by atoms with Crippen molar-refractivity contribution in [3.63, 3.8) is 0 Å². The standard InChI is InChI=1S/C17H23NO2/c19-16(20)17(8-10-18-11-9-17)7-6-14-12-15(14)13-4-2-1-3-5-13/h1-5,14-15,18H,6-12H2,(H,19,20)/t14-,15+/m0/s1. The molecule has 20 heavy (non-hydrogen) atoms.